The van der Waals surface area contributed by atoms with Crippen LogP contribution in [0.25, 0.3) is 0 Å². The highest BCUT2D eigenvalue weighted by Crippen LogP contribution is 2.32. The van der Waals surface area contributed by atoms with Gasteiger partial charge in [0.15, 0.2) is 11.5 Å². The molecule has 0 radical (unpaired) electrons. The number of nitrogens with zero attached hydrogens (tertiary/aromatic N) is 1. The highest BCUT2D eigenvalue weighted by Gasteiger charge is 2.26. The molecule has 1 atom stereocenters. The Bertz CT molecular complexity index is 912. The smallest absolute Gasteiger partial charge is 0.242 e. The molecule has 0 spiro atoms. The van der Waals surface area contributed by atoms with Crippen LogP contribution >= 0.6 is 0 Å². The van der Waals surface area contributed by atoms with Crippen molar-refractivity contribution in [3.8, 4) is 11.5 Å². The van der Waals surface area contributed by atoms with Crippen LogP contribution < -0.4 is 14.8 Å². The molecule has 2 aromatic rings. The number of nitrogens with one attached hydrogen (secondary N) is 1. The molecule has 1 heterocycles. The van der Waals surface area contributed by atoms with Crippen LogP contribution in [0.2, 0.25) is 0 Å². The topological polar surface area (TPSA) is 67.9 Å². The quantitative estimate of drug-likeness (QED) is 0.586. The van der Waals surface area contributed by atoms with E-state index in [0.717, 1.165) is 35.3 Å². The average Bonchev–Trinajstić information content (AvgIpc) is 3.24. The molecule has 0 fully saturated rings. The van der Waals surface area contributed by atoms with Gasteiger partial charge in [-0.25, -0.2) is 0 Å². The van der Waals surface area contributed by atoms with E-state index in [0.29, 0.717) is 31.7 Å². The van der Waals surface area contributed by atoms with Crippen LogP contribution in [-0.2, 0) is 22.6 Å². The van der Waals surface area contributed by atoms with E-state index in [9.17, 15) is 9.59 Å². The number of aryl methyl sites for hydroxylation is 2. The van der Waals surface area contributed by atoms with Gasteiger partial charge in [0.2, 0.25) is 18.6 Å². The summed E-state index contributed by atoms with van der Waals surface area (Å²) >= 11 is 0. The number of carbonyl (C=O) groups excluding carboxylic acids is 2. The summed E-state index contributed by atoms with van der Waals surface area (Å²) in [6, 6.07) is 13.2. The number of unbranched alkanes of at least 4 members (excludes halogenated alkanes) is 1. The van der Waals surface area contributed by atoms with Gasteiger partial charge < -0.3 is 19.7 Å². The Morgan fingerprint density at radius 2 is 1.90 bits per heavy atom. The maximum absolute atomic E-state index is 13.2. The number of hydrogen-bond acceptors (Lipinski definition) is 4. The Morgan fingerprint density at radius 3 is 2.68 bits per heavy atom. The van der Waals surface area contributed by atoms with Crippen molar-refractivity contribution in [2.75, 3.05) is 13.3 Å². The number of fused-ring (bicyclic) bond motifs is 1. The first-order valence-corrected chi connectivity index (χ1v) is 11.0. The summed E-state index contributed by atoms with van der Waals surface area (Å²) in [6.07, 6.45) is 2.83. The minimum atomic E-state index is -0.541. The van der Waals surface area contributed by atoms with Gasteiger partial charge in [-0.1, -0.05) is 43.7 Å². The SMILES string of the molecule is CCCCNC(=O)[C@H](C)N(Cc1ccccc1C)C(=O)CCc1ccc2c(c1)OCO2. The van der Waals surface area contributed by atoms with E-state index in [4.69, 9.17) is 9.47 Å². The zero-order valence-electron chi connectivity index (χ0n) is 18.6. The minimum Gasteiger partial charge on any atom is -0.454 e. The number of rotatable bonds is 10. The van der Waals surface area contributed by atoms with Gasteiger partial charge in [-0.2, -0.15) is 0 Å². The normalized spacial score (nSPS) is 13.0. The Hall–Kier alpha value is -3.02. The van der Waals surface area contributed by atoms with Crippen molar-refractivity contribution in [3.63, 3.8) is 0 Å². The van der Waals surface area contributed by atoms with Gasteiger partial charge in [-0.05, 0) is 55.5 Å². The summed E-state index contributed by atoms with van der Waals surface area (Å²) in [5.41, 5.74) is 3.16. The second kappa shape index (κ2) is 10.8. The maximum atomic E-state index is 13.2. The van der Waals surface area contributed by atoms with Gasteiger partial charge in [0.25, 0.3) is 0 Å². The van der Waals surface area contributed by atoms with Crippen LogP contribution in [0.15, 0.2) is 42.5 Å². The molecule has 166 valence electrons. The van der Waals surface area contributed by atoms with E-state index in [1.165, 1.54) is 0 Å². The van der Waals surface area contributed by atoms with Crippen LogP contribution in [0.1, 0.15) is 49.8 Å². The Balaban J connectivity index is 1.70. The molecule has 31 heavy (non-hydrogen) atoms. The third kappa shape index (κ3) is 6.00. The molecule has 0 unspecified atom stereocenters. The van der Waals surface area contributed by atoms with Gasteiger partial charge in [-0.15, -0.1) is 0 Å². The fraction of sp³-hybridized carbons (Fsp3) is 0.440. The van der Waals surface area contributed by atoms with Gasteiger partial charge in [0.05, 0.1) is 0 Å². The van der Waals surface area contributed by atoms with Crippen LogP contribution in [0, 0.1) is 6.92 Å². The molecule has 2 aromatic carbocycles. The molecule has 0 aromatic heterocycles. The van der Waals surface area contributed by atoms with Crippen molar-refractivity contribution in [3.05, 3.63) is 59.2 Å². The molecule has 0 saturated carbocycles. The Labute approximate surface area is 184 Å². The number of carbonyl (C=O) groups is 2. The Morgan fingerprint density at radius 1 is 1.13 bits per heavy atom. The maximum Gasteiger partial charge on any atom is 0.242 e. The molecular formula is C25H32N2O4. The van der Waals surface area contributed by atoms with E-state index in [1.807, 2.05) is 49.4 Å². The van der Waals surface area contributed by atoms with Crippen molar-refractivity contribution in [1.29, 1.82) is 0 Å². The fourth-order valence-electron chi connectivity index (χ4n) is 3.58. The molecule has 6 nitrogen and oxygen atoms in total. The molecule has 0 aliphatic carbocycles. The molecule has 6 heteroatoms. The van der Waals surface area contributed by atoms with Crippen LogP contribution in [0.5, 0.6) is 11.5 Å². The highest BCUT2D eigenvalue weighted by molar-refractivity contribution is 5.87. The first-order chi connectivity index (χ1) is 15.0. The third-order valence-electron chi connectivity index (χ3n) is 5.66. The van der Waals surface area contributed by atoms with Crippen LogP contribution in [0.4, 0.5) is 0 Å². The predicted octanol–water partition coefficient (Wildman–Crippen LogP) is 3.99. The zero-order valence-corrected chi connectivity index (χ0v) is 18.6. The van der Waals surface area contributed by atoms with E-state index >= 15 is 0 Å². The molecule has 1 aliphatic rings. The van der Waals surface area contributed by atoms with Crippen LogP contribution in [-0.4, -0.2) is 36.1 Å². The van der Waals surface area contributed by atoms with Crippen molar-refractivity contribution in [1.82, 2.24) is 10.2 Å². The van der Waals surface area contributed by atoms with Crippen molar-refractivity contribution in [2.45, 2.75) is 59.0 Å². The summed E-state index contributed by atoms with van der Waals surface area (Å²) in [6.45, 7) is 7.18. The molecule has 1 aliphatic heterocycles. The molecule has 1 N–H and O–H groups in total. The summed E-state index contributed by atoms with van der Waals surface area (Å²) in [4.78, 5) is 27.6. The summed E-state index contributed by atoms with van der Waals surface area (Å²) in [5, 5.41) is 2.96. The average molecular weight is 425 g/mol. The van der Waals surface area contributed by atoms with Crippen LogP contribution in [0.3, 0.4) is 0 Å². The van der Waals surface area contributed by atoms with Crippen molar-refractivity contribution < 1.29 is 19.1 Å². The summed E-state index contributed by atoms with van der Waals surface area (Å²) < 4.78 is 10.8. The van der Waals surface area contributed by atoms with Crippen molar-refractivity contribution in [2.24, 2.45) is 0 Å². The second-order valence-electron chi connectivity index (χ2n) is 7.96. The second-order valence-corrected chi connectivity index (χ2v) is 7.96. The van der Waals surface area contributed by atoms with E-state index in [1.54, 1.807) is 11.8 Å². The van der Waals surface area contributed by atoms with Gasteiger partial charge in [0.1, 0.15) is 6.04 Å². The van der Waals surface area contributed by atoms with Crippen molar-refractivity contribution >= 4 is 11.8 Å². The molecule has 0 bridgehead atoms. The number of benzene rings is 2. The number of hydrogen-bond donors (Lipinski definition) is 1. The number of ether oxygens (including phenoxy) is 2. The van der Waals surface area contributed by atoms with E-state index in [-0.39, 0.29) is 18.6 Å². The fourth-order valence-corrected chi connectivity index (χ4v) is 3.58. The van der Waals surface area contributed by atoms with Gasteiger partial charge >= 0.3 is 0 Å². The highest BCUT2D eigenvalue weighted by atomic mass is 16.7. The first-order valence-electron chi connectivity index (χ1n) is 11.0. The predicted molar refractivity (Wildman–Crippen MR) is 120 cm³/mol. The van der Waals surface area contributed by atoms with Gasteiger partial charge in [-0.3, -0.25) is 9.59 Å². The lowest BCUT2D eigenvalue weighted by atomic mass is 10.1. The monoisotopic (exact) mass is 424 g/mol. The lowest BCUT2D eigenvalue weighted by molar-refractivity contribution is -0.140. The van der Waals surface area contributed by atoms with E-state index < -0.39 is 6.04 Å². The lowest BCUT2D eigenvalue weighted by Gasteiger charge is -2.29. The number of amides is 2. The molecule has 2 amide bonds. The first kappa shape index (κ1) is 22.7. The largest absolute Gasteiger partial charge is 0.454 e. The minimum absolute atomic E-state index is 0.0425. The summed E-state index contributed by atoms with van der Waals surface area (Å²) in [7, 11) is 0. The molecular weight excluding hydrogens is 392 g/mol. The standard InChI is InChI=1S/C25H32N2O4/c1-4-5-14-26-25(29)19(3)27(16-21-9-7-6-8-18(21)2)24(28)13-11-20-10-12-22-23(15-20)31-17-30-22/h6-10,12,15,19H,4-5,11,13-14,16-17H2,1-3H3,(H,26,29)/t19-/m0/s1. The lowest BCUT2D eigenvalue weighted by Crippen LogP contribution is -2.48. The van der Waals surface area contributed by atoms with Gasteiger partial charge in [0, 0.05) is 19.5 Å². The molecule has 3 rings (SSSR count). The third-order valence-corrected chi connectivity index (χ3v) is 5.66. The summed E-state index contributed by atoms with van der Waals surface area (Å²) in [5.74, 6) is 1.29. The van der Waals surface area contributed by atoms with E-state index in [2.05, 4.69) is 12.2 Å². The molecule has 0 saturated heterocycles. The Kier molecular flexibility index (Phi) is 7.93. The zero-order chi connectivity index (χ0) is 22.2.